The lowest BCUT2D eigenvalue weighted by Gasteiger charge is -2.32. The zero-order chi connectivity index (χ0) is 13.8. The van der Waals surface area contributed by atoms with Crippen molar-refractivity contribution in [3.05, 3.63) is 34.6 Å². The Labute approximate surface area is 117 Å². The molecule has 1 aliphatic heterocycles. The van der Waals surface area contributed by atoms with Crippen LogP contribution >= 0.6 is 11.6 Å². The third-order valence-electron chi connectivity index (χ3n) is 3.23. The first kappa shape index (κ1) is 14.3. The number of likely N-dealkylation sites (tertiary alicyclic amines) is 1. The molecule has 1 saturated heterocycles. The predicted molar refractivity (Wildman–Crippen MR) is 72.0 cm³/mol. The Morgan fingerprint density at radius 3 is 3.11 bits per heavy atom. The lowest BCUT2D eigenvalue weighted by molar-refractivity contribution is 0.00708. The molecule has 0 N–H and O–H groups in total. The number of nitrogens with zero attached hydrogens (tertiary/aromatic N) is 1. The summed E-state index contributed by atoms with van der Waals surface area (Å²) in [7, 11) is 0. The molecule has 0 aromatic heterocycles. The minimum Gasteiger partial charge on any atom is -0.377 e. The zero-order valence-electron chi connectivity index (χ0n) is 10.9. The van der Waals surface area contributed by atoms with E-state index in [9.17, 15) is 9.18 Å². The van der Waals surface area contributed by atoms with Gasteiger partial charge in [-0.25, -0.2) is 4.39 Å². The number of amides is 1. The molecule has 3 nitrogen and oxygen atoms in total. The van der Waals surface area contributed by atoms with Crippen molar-refractivity contribution in [2.75, 3.05) is 19.7 Å². The molecule has 1 heterocycles. The maximum atomic E-state index is 13.7. The van der Waals surface area contributed by atoms with Gasteiger partial charge in [-0.2, -0.15) is 0 Å². The van der Waals surface area contributed by atoms with Crippen LogP contribution in [0.3, 0.4) is 0 Å². The number of rotatable bonds is 3. The molecule has 0 saturated carbocycles. The first-order valence-electron chi connectivity index (χ1n) is 6.47. The van der Waals surface area contributed by atoms with Crippen LogP contribution in [0, 0.1) is 5.82 Å². The molecule has 0 radical (unpaired) electrons. The molecule has 19 heavy (non-hydrogen) atoms. The van der Waals surface area contributed by atoms with Crippen molar-refractivity contribution in [2.24, 2.45) is 0 Å². The van der Waals surface area contributed by atoms with Gasteiger partial charge in [0.1, 0.15) is 5.82 Å². The van der Waals surface area contributed by atoms with Crippen molar-refractivity contribution in [3.63, 3.8) is 0 Å². The number of carbonyl (C=O) groups excluding carboxylic acids is 1. The number of hydrogen-bond acceptors (Lipinski definition) is 2. The smallest absolute Gasteiger partial charge is 0.256 e. The summed E-state index contributed by atoms with van der Waals surface area (Å²) in [6.07, 6.45) is 1.86. The van der Waals surface area contributed by atoms with Crippen LogP contribution in [0.25, 0.3) is 0 Å². The average molecular weight is 286 g/mol. The number of benzene rings is 1. The van der Waals surface area contributed by atoms with E-state index < -0.39 is 5.82 Å². The van der Waals surface area contributed by atoms with Gasteiger partial charge >= 0.3 is 0 Å². The lowest BCUT2D eigenvalue weighted by Crippen LogP contribution is -2.43. The first-order valence-corrected chi connectivity index (χ1v) is 6.85. The monoisotopic (exact) mass is 285 g/mol. The number of ether oxygens (including phenoxy) is 1. The second-order valence-corrected chi connectivity index (χ2v) is 5.03. The van der Waals surface area contributed by atoms with Gasteiger partial charge in [0.2, 0.25) is 0 Å². The van der Waals surface area contributed by atoms with Gasteiger partial charge in [0.15, 0.2) is 0 Å². The van der Waals surface area contributed by atoms with Crippen LogP contribution in [0.4, 0.5) is 4.39 Å². The summed E-state index contributed by atoms with van der Waals surface area (Å²) in [5.74, 6) is -0.850. The van der Waals surface area contributed by atoms with E-state index in [2.05, 4.69) is 0 Å². The van der Waals surface area contributed by atoms with E-state index in [0.717, 1.165) is 12.8 Å². The van der Waals surface area contributed by atoms with Crippen LogP contribution in [0.15, 0.2) is 18.2 Å². The molecule has 0 spiro atoms. The predicted octanol–water partition coefficient (Wildman–Crippen LogP) is 3.12. The van der Waals surface area contributed by atoms with E-state index >= 15 is 0 Å². The topological polar surface area (TPSA) is 29.5 Å². The van der Waals surface area contributed by atoms with E-state index in [1.54, 1.807) is 4.90 Å². The molecule has 5 heteroatoms. The Balaban J connectivity index is 2.12. The molecule has 1 fully saturated rings. The maximum Gasteiger partial charge on any atom is 0.256 e. The minimum absolute atomic E-state index is 0.0321. The van der Waals surface area contributed by atoms with Crippen molar-refractivity contribution >= 4 is 17.5 Å². The summed E-state index contributed by atoms with van der Waals surface area (Å²) in [6.45, 7) is 3.70. The van der Waals surface area contributed by atoms with Gasteiger partial charge in [-0.1, -0.05) is 11.6 Å². The molecule has 1 aromatic rings. The van der Waals surface area contributed by atoms with Gasteiger partial charge in [0, 0.05) is 24.7 Å². The molecular formula is C14H17ClFNO2. The van der Waals surface area contributed by atoms with Crippen molar-refractivity contribution in [1.29, 1.82) is 0 Å². The molecule has 104 valence electrons. The zero-order valence-corrected chi connectivity index (χ0v) is 11.6. The van der Waals surface area contributed by atoms with Crippen molar-refractivity contribution in [1.82, 2.24) is 4.90 Å². The number of halogens is 2. The normalized spacial score (nSPS) is 19.5. The summed E-state index contributed by atoms with van der Waals surface area (Å²) in [5, 5.41) is 0.364. The van der Waals surface area contributed by atoms with Gasteiger partial charge in [-0.3, -0.25) is 4.79 Å². The molecule has 1 aromatic carbocycles. The summed E-state index contributed by atoms with van der Waals surface area (Å²) >= 11 is 5.82. The van der Waals surface area contributed by atoms with Crippen molar-refractivity contribution in [3.8, 4) is 0 Å². The molecule has 1 atom stereocenters. The average Bonchev–Trinajstić information content (AvgIpc) is 2.41. The fraction of sp³-hybridized carbons (Fsp3) is 0.500. The number of hydrogen-bond donors (Lipinski definition) is 0. The second kappa shape index (κ2) is 6.35. The highest BCUT2D eigenvalue weighted by atomic mass is 35.5. The number of carbonyl (C=O) groups is 1. The highest BCUT2D eigenvalue weighted by molar-refractivity contribution is 6.31. The molecule has 0 aliphatic carbocycles. The third kappa shape index (κ3) is 3.45. The molecule has 1 aliphatic rings. The standard InChI is InChI=1S/C14H17ClFNO2/c1-2-19-11-4-3-7-17(9-11)14(18)12-8-10(15)5-6-13(12)16/h5-6,8,11H,2-4,7,9H2,1H3. The summed E-state index contributed by atoms with van der Waals surface area (Å²) in [4.78, 5) is 13.9. The Morgan fingerprint density at radius 1 is 1.58 bits per heavy atom. The van der Waals surface area contributed by atoms with E-state index in [0.29, 0.717) is 24.7 Å². The Morgan fingerprint density at radius 2 is 2.37 bits per heavy atom. The van der Waals surface area contributed by atoms with Crippen LogP contribution in [0.5, 0.6) is 0 Å². The van der Waals surface area contributed by atoms with E-state index in [1.165, 1.54) is 18.2 Å². The van der Waals surface area contributed by atoms with Crippen LogP contribution in [0.1, 0.15) is 30.1 Å². The maximum absolute atomic E-state index is 13.7. The largest absolute Gasteiger partial charge is 0.377 e. The van der Waals surface area contributed by atoms with Crippen molar-refractivity contribution in [2.45, 2.75) is 25.9 Å². The van der Waals surface area contributed by atoms with Gasteiger partial charge in [-0.05, 0) is 38.0 Å². The highest BCUT2D eigenvalue weighted by Crippen LogP contribution is 2.20. The quantitative estimate of drug-likeness (QED) is 0.854. The molecule has 1 amide bonds. The fourth-order valence-electron chi connectivity index (χ4n) is 2.33. The summed E-state index contributed by atoms with van der Waals surface area (Å²) < 4.78 is 19.2. The molecule has 1 unspecified atom stereocenters. The van der Waals surface area contributed by atoms with Gasteiger partial charge in [0.05, 0.1) is 11.7 Å². The van der Waals surface area contributed by atoms with Gasteiger partial charge < -0.3 is 9.64 Å². The van der Waals surface area contributed by atoms with Gasteiger partial charge in [0.25, 0.3) is 5.91 Å². The minimum atomic E-state index is -0.534. The first-order chi connectivity index (χ1) is 9.11. The SMILES string of the molecule is CCOC1CCCN(C(=O)c2cc(Cl)ccc2F)C1. The van der Waals surface area contributed by atoms with Crippen LogP contribution in [-0.4, -0.2) is 36.6 Å². The fourth-order valence-corrected chi connectivity index (χ4v) is 2.50. The Bertz CT molecular complexity index is 465. The molecule has 0 bridgehead atoms. The van der Waals surface area contributed by atoms with Crippen LogP contribution in [0.2, 0.25) is 5.02 Å². The van der Waals surface area contributed by atoms with Gasteiger partial charge in [-0.15, -0.1) is 0 Å². The van der Waals surface area contributed by atoms with Crippen LogP contribution < -0.4 is 0 Å². The number of piperidine rings is 1. The van der Waals surface area contributed by atoms with Crippen molar-refractivity contribution < 1.29 is 13.9 Å². The summed E-state index contributed by atoms with van der Waals surface area (Å²) in [6, 6.07) is 4.04. The van der Waals surface area contributed by atoms with E-state index in [4.69, 9.17) is 16.3 Å². The van der Waals surface area contributed by atoms with Crippen LogP contribution in [-0.2, 0) is 4.74 Å². The third-order valence-corrected chi connectivity index (χ3v) is 3.46. The molecule has 2 rings (SSSR count). The van der Waals surface area contributed by atoms with E-state index in [-0.39, 0.29) is 17.6 Å². The Kier molecular flexibility index (Phi) is 4.77. The summed E-state index contributed by atoms with van der Waals surface area (Å²) in [5.41, 5.74) is 0.0321. The second-order valence-electron chi connectivity index (χ2n) is 4.59. The highest BCUT2D eigenvalue weighted by Gasteiger charge is 2.26. The lowest BCUT2D eigenvalue weighted by atomic mass is 10.1. The van der Waals surface area contributed by atoms with E-state index in [1.807, 2.05) is 6.92 Å². The molecular weight excluding hydrogens is 269 g/mol. The Hall–Kier alpha value is -1.13.